The van der Waals surface area contributed by atoms with Crippen LogP contribution >= 0.6 is 0 Å². The van der Waals surface area contributed by atoms with Gasteiger partial charge in [0.15, 0.2) is 0 Å². The second kappa shape index (κ2) is 8.32. The number of carbonyl (C=O) groups is 2. The number of carbonyl (C=O) groups excluding carboxylic acids is 2. The summed E-state index contributed by atoms with van der Waals surface area (Å²) in [6, 6.07) is 7.81. The summed E-state index contributed by atoms with van der Waals surface area (Å²) in [7, 11) is 0. The van der Waals surface area contributed by atoms with E-state index >= 15 is 0 Å². The quantitative estimate of drug-likeness (QED) is 0.646. The molecule has 0 unspecified atom stereocenters. The number of hydrogen-bond donors (Lipinski definition) is 2. The predicted molar refractivity (Wildman–Crippen MR) is 86.5 cm³/mol. The fourth-order valence-corrected chi connectivity index (χ4v) is 2.55. The smallest absolute Gasteiger partial charge is 0.259 e. The zero-order valence-corrected chi connectivity index (χ0v) is 13.0. The Morgan fingerprint density at radius 2 is 1.86 bits per heavy atom. The number of amides is 2. The number of hydrazone groups is 1. The number of nitrogens with one attached hydrogen (secondary N) is 2. The molecular formula is C17H23N3O2. The van der Waals surface area contributed by atoms with Crippen molar-refractivity contribution >= 4 is 18.0 Å². The van der Waals surface area contributed by atoms with E-state index in [1.807, 2.05) is 31.2 Å². The Morgan fingerprint density at radius 3 is 2.55 bits per heavy atom. The van der Waals surface area contributed by atoms with E-state index in [1.165, 1.54) is 12.0 Å². The Bertz CT molecular complexity index is 531. The first-order chi connectivity index (χ1) is 10.6. The monoisotopic (exact) mass is 301 g/mol. The van der Waals surface area contributed by atoms with Crippen molar-refractivity contribution < 1.29 is 9.59 Å². The van der Waals surface area contributed by atoms with Crippen LogP contribution < -0.4 is 10.7 Å². The van der Waals surface area contributed by atoms with Crippen LogP contribution in [0.2, 0.25) is 0 Å². The van der Waals surface area contributed by atoms with E-state index in [9.17, 15) is 9.59 Å². The maximum absolute atomic E-state index is 11.9. The van der Waals surface area contributed by atoms with Crippen LogP contribution in [0.5, 0.6) is 0 Å². The molecule has 5 nitrogen and oxygen atoms in total. The molecule has 2 amide bonds. The van der Waals surface area contributed by atoms with Gasteiger partial charge in [-0.2, -0.15) is 5.10 Å². The number of rotatable bonds is 5. The molecule has 2 N–H and O–H groups in total. The topological polar surface area (TPSA) is 70.6 Å². The van der Waals surface area contributed by atoms with E-state index in [4.69, 9.17) is 0 Å². The summed E-state index contributed by atoms with van der Waals surface area (Å²) in [6.07, 6.45) is 6.85. The molecule has 2 rings (SSSR count). The highest BCUT2D eigenvalue weighted by atomic mass is 16.2. The maximum Gasteiger partial charge on any atom is 0.259 e. The molecule has 1 aliphatic carbocycles. The van der Waals surface area contributed by atoms with Gasteiger partial charge in [0.05, 0.1) is 12.8 Å². The third-order valence-electron chi connectivity index (χ3n) is 3.88. The van der Waals surface area contributed by atoms with Crippen molar-refractivity contribution in [3.8, 4) is 0 Å². The second-order valence-corrected chi connectivity index (χ2v) is 5.76. The molecule has 5 heteroatoms. The number of aryl methyl sites for hydroxylation is 1. The Kier molecular flexibility index (Phi) is 6.13. The lowest BCUT2D eigenvalue weighted by atomic mass is 9.89. The second-order valence-electron chi connectivity index (χ2n) is 5.76. The van der Waals surface area contributed by atoms with E-state index < -0.39 is 0 Å². The average Bonchev–Trinajstić information content (AvgIpc) is 2.55. The van der Waals surface area contributed by atoms with Gasteiger partial charge in [-0.15, -0.1) is 0 Å². The molecule has 1 aromatic rings. The molecule has 0 aromatic heterocycles. The lowest BCUT2D eigenvalue weighted by Gasteiger charge is -2.20. The van der Waals surface area contributed by atoms with Gasteiger partial charge in [0, 0.05) is 5.92 Å². The molecule has 0 spiro atoms. The minimum atomic E-state index is -0.312. The molecule has 118 valence electrons. The summed E-state index contributed by atoms with van der Waals surface area (Å²) in [5, 5.41) is 6.57. The van der Waals surface area contributed by atoms with Crippen LogP contribution in [-0.2, 0) is 9.59 Å². The van der Waals surface area contributed by atoms with E-state index in [0.29, 0.717) is 0 Å². The van der Waals surface area contributed by atoms with Gasteiger partial charge in [0.2, 0.25) is 5.91 Å². The normalized spacial score (nSPS) is 15.7. The third-order valence-corrected chi connectivity index (χ3v) is 3.88. The number of hydrogen-bond acceptors (Lipinski definition) is 3. The molecule has 22 heavy (non-hydrogen) atoms. The van der Waals surface area contributed by atoms with Gasteiger partial charge in [-0.3, -0.25) is 9.59 Å². The van der Waals surface area contributed by atoms with Crippen molar-refractivity contribution in [3.05, 3.63) is 35.4 Å². The van der Waals surface area contributed by atoms with Crippen LogP contribution in [0.25, 0.3) is 0 Å². The first-order valence-corrected chi connectivity index (χ1v) is 7.81. The van der Waals surface area contributed by atoms with Crippen molar-refractivity contribution in [3.63, 3.8) is 0 Å². The number of nitrogens with zero attached hydrogens (tertiary/aromatic N) is 1. The zero-order chi connectivity index (χ0) is 15.8. The summed E-state index contributed by atoms with van der Waals surface area (Å²) < 4.78 is 0. The van der Waals surface area contributed by atoms with E-state index in [1.54, 1.807) is 6.21 Å². The highest BCUT2D eigenvalue weighted by Crippen LogP contribution is 2.23. The molecule has 0 saturated heterocycles. The van der Waals surface area contributed by atoms with E-state index in [-0.39, 0.29) is 24.3 Å². The molecule has 1 aliphatic rings. The molecule has 1 fully saturated rings. The average molecular weight is 301 g/mol. The first-order valence-electron chi connectivity index (χ1n) is 7.81. The molecule has 0 aliphatic heterocycles. The Hall–Kier alpha value is -2.17. The molecule has 0 atom stereocenters. The Labute approximate surface area is 131 Å². The van der Waals surface area contributed by atoms with Crippen molar-refractivity contribution in [2.24, 2.45) is 11.0 Å². The fraction of sp³-hybridized carbons (Fsp3) is 0.471. The van der Waals surface area contributed by atoms with Gasteiger partial charge in [0.25, 0.3) is 5.91 Å². The molecule has 0 bridgehead atoms. The van der Waals surface area contributed by atoms with E-state index in [0.717, 1.165) is 31.2 Å². The maximum atomic E-state index is 11.9. The summed E-state index contributed by atoms with van der Waals surface area (Å²) in [5.74, 6) is -0.262. The highest BCUT2D eigenvalue weighted by Gasteiger charge is 2.21. The Balaban J connectivity index is 1.69. The summed E-state index contributed by atoms with van der Waals surface area (Å²) in [4.78, 5) is 23.5. The molecule has 1 aromatic carbocycles. The molecule has 0 heterocycles. The van der Waals surface area contributed by atoms with Gasteiger partial charge < -0.3 is 5.32 Å². The molecule has 0 radical (unpaired) electrons. The van der Waals surface area contributed by atoms with E-state index in [2.05, 4.69) is 15.8 Å². The van der Waals surface area contributed by atoms with Gasteiger partial charge in [-0.1, -0.05) is 49.1 Å². The molecular weight excluding hydrogens is 278 g/mol. The molecule has 1 saturated carbocycles. The first kappa shape index (κ1) is 16.2. The lowest BCUT2D eigenvalue weighted by molar-refractivity contribution is -0.129. The summed E-state index contributed by atoms with van der Waals surface area (Å²) in [5.41, 5.74) is 4.51. The van der Waals surface area contributed by atoms with Crippen LogP contribution in [0.4, 0.5) is 0 Å². The third kappa shape index (κ3) is 5.31. The Morgan fingerprint density at radius 1 is 1.18 bits per heavy atom. The van der Waals surface area contributed by atoms with Crippen LogP contribution in [-0.4, -0.2) is 24.6 Å². The van der Waals surface area contributed by atoms with Gasteiger partial charge in [-0.25, -0.2) is 5.43 Å². The van der Waals surface area contributed by atoms with Crippen LogP contribution in [0, 0.1) is 12.8 Å². The predicted octanol–water partition coefficient (Wildman–Crippen LogP) is 2.14. The minimum absolute atomic E-state index is 0.0163. The largest absolute Gasteiger partial charge is 0.347 e. The van der Waals surface area contributed by atoms with Crippen molar-refractivity contribution in [2.45, 2.75) is 39.0 Å². The summed E-state index contributed by atoms with van der Waals surface area (Å²) in [6.45, 7) is 1.98. The van der Waals surface area contributed by atoms with Crippen LogP contribution in [0.1, 0.15) is 43.2 Å². The van der Waals surface area contributed by atoms with Crippen molar-refractivity contribution in [2.75, 3.05) is 6.54 Å². The number of benzene rings is 1. The van der Waals surface area contributed by atoms with Gasteiger partial charge >= 0.3 is 0 Å². The standard InChI is InChI=1S/C17H23N3O2/c1-13-7-9-14(10-8-13)11-19-20-16(21)12-18-17(22)15-5-3-2-4-6-15/h7-11,15H,2-6,12H2,1H3,(H,18,22)(H,20,21)/b19-11+. The highest BCUT2D eigenvalue weighted by molar-refractivity contribution is 5.87. The van der Waals surface area contributed by atoms with Crippen molar-refractivity contribution in [1.82, 2.24) is 10.7 Å². The summed E-state index contributed by atoms with van der Waals surface area (Å²) >= 11 is 0. The zero-order valence-electron chi connectivity index (χ0n) is 13.0. The van der Waals surface area contributed by atoms with Gasteiger partial charge in [0.1, 0.15) is 0 Å². The SMILES string of the molecule is Cc1ccc(/C=N/NC(=O)CNC(=O)C2CCCCC2)cc1. The fourth-order valence-electron chi connectivity index (χ4n) is 2.55. The van der Waals surface area contributed by atoms with Crippen LogP contribution in [0.3, 0.4) is 0 Å². The van der Waals surface area contributed by atoms with Crippen LogP contribution in [0.15, 0.2) is 29.4 Å². The van der Waals surface area contributed by atoms with Gasteiger partial charge in [-0.05, 0) is 25.3 Å². The minimum Gasteiger partial charge on any atom is -0.347 e. The lowest BCUT2D eigenvalue weighted by Crippen LogP contribution is -2.38. The van der Waals surface area contributed by atoms with Crippen molar-refractivity contribution in [1.29, 1.82) is 0 Å².